The van der Waals surface area contributed by atoms with E-state index in [2.05, 4.69) is 30.7 Å². The number of rotatable bonds is 2. The molecule has 0 saturated heterocycles. The Kier molecular flexibility index (Phi) is 2.47. The molecule has 1 aliphatic heterocycles. The molecule has 0 amide bonds. The van der Waals surface area contributed by atoms with E-state index in [1.54, 1.807) is 6.20 Å². The lowest BCUT2D eigenvalue weighted by molar-refractivity contribution is 0.279. The van der Waals surface area contributed by atoms with Crippen LogP contribution >= 0.6 is 0 Å². The van der Waals surface area contributed by atoms with Crippen LogP contribution in [-0.4, -0.2) is 23.0 Å². The van der Waals surface area contributed by atoms with Crippen molar-refractivity contribution in [2.45, 2.75) is 32.7 Å². The van der Waals surface area contributed by atoms with Gasteiger partial charge >= 0.3 is 0 Å². The van der Waals surface area contributed by atoms with Crippen LogP contribution in [0.5, 0.6) is 0 Å². The Balaban J connectivity index is 2.39. The van der Waals surface area contributed by atoms with Gasteiger partial charge < -0.3 is 4.74 Å². The molecular weight excluding hydrogens is 188 g/mol. The summed E-state index contributed by atoms with van der Waals surface area (Å²) in [6, 6.07) is 1.97. The zero-order chi connectivity index (χ0) is 10.9. The predicted molar refractivity (Wildman–Crippen MR) is 60.2 cm³/mol. The summed E-state index contributed by atoms with van der Waals surface area (Å²) in [7, 11) is 0. The van der Waals surface area contributed by atoms with Crippen molar-refractivity contribution in [3.8, 4) is 0 Å². The van der Waals surface area contributed by atoms with Gasteiger partial charge in [0, 0.05) is 18.0 Å². The second kappa shape index (κ2) is 3.65. The number of hydrogen-bond donors (Lipinski definition) is 0. The first kappa shape index (κ1) is 10.1. The number of ether oxygens (including phenoxy) is 1. The molecule has 2 rings (SSSR count). The minimum atomic E-state index is -0.0936. The maximum absolute atomic E-state index is 5.62. The standard InChI is InChI=1S/C12H16N2O/c1-4-9-7-13-6-5-10(9)11-14-12(2,3)8-15-11/h5-7H,4,8H2,1-3H3. The summed E-state index contributed by atoms with van der Waals surface area (Å²) in [6.07, 6.45) is 4.62. The highest BCUT2D eigenvalue weighted by Gasteiger charge is 2.27. The smallest absolute Gasteiger partial charge is 0.217 e. The van der Waals surface area contributed by atoms with Gasteiger partial charge in [-0.15, -0.1) is 0 Å². The quantitative estimate of drug-likeness (QED) is 0.740. The van der Waals surface area contributed by atoms with Crippen LogP contribution in [0.15, 0.2) is 23.5 Å². The molecule has 1 aromatic rings. The van der Waals surface area contributed by atoms with Crippen molar-refractivity contribution in [3.05, 3.63) is 29.6 Å². The zero-order valence-corrected chi connectivity index (χ0v) is 9.45. The van der Waals surface area contributed by atoms with Gasteiger partial charge in [0.15, 0.2) is 0 Å². The maximum atomic E-state index is 5.62. The van der Waals surface area contributed by atoms with E-state index in [9.17, 15) is 0 Å². The van der Waals surface area contributed by atoms with Crippen LogP contribution in [0.25, 0.3) is 0 Å². The Morgan fingerprint density at radius 1 is 1.47 bits per heavy atom. The molecule has 3 heteroatoms. The first-order valence-electron chi connectivity index (χ1n) is 5.28. The van der Waals surface area contributed by atoms with E-state index >= 15 is 0 Å². The van der Waals surface area contributed by atoms with Gasteiger partial charge in [-0.1, -0.05) is 6.92 Å². The Morgan fingerprint density at radius 3 is 2.87 bits per heavy atom. The Hall–Kier alpha value is -1.38. The molecule has 80 valence electrons. The molecule has 0 aromatic carbocycles. The lowest BCUT2D eigenvalue weighted by Crippen LogP contribution is -2.17. The van der Waals surface area contributed by atoms with Gasteiger partial charge in [-0.25, -0.2) is 4.99 Å². The van der Waals surface area contributed by atoms with E-state index in [0.29, 0.717) is 6.61 Å². The van der Waals surface area contributed by atoms with E-state index in [0.717, 1.165) is 17.9 Å². The van der Waals surface area contributed by atoms with Crippen LogP contribution in [0.2, 0.25) is 0 Å². The Morgan fingerprint density at radius 2 is 2.27 bits per heavy atom. The SMILES string of the molecule is CCc1cnccc1C1=NC(C)(C)CO1. The van der Waals surface area contributed by atoms with Crippen LogP contribution in [0.1, 0.15) is 31.9 Å². The van der Waals surface area contributed by atoms with E-state index in [1.807, 2.05) is 12.3 Å². The summed E-state index contributed by atoms with van der Waals surface area (Å²) in [5.41, 5.74) is 2.18. The third-order valence-corrected chi connectivity index (χ3v) is 2.48. The largest absolute Gasteiger partial charge is 0.475 e. The number of aromatic nitrogens is 1. The summed E-state index contributed by atoms with van der Waals surface area (Å²) in [6.45, 7) is 6.93. The fourth-order valence-corrected chi connectivity index (χ4v) is 1.64. The molecule has 0 N–H and O–H groups in total. The van der Waals surface area contributed by atoms with Crippen LogP contribution in [0, 0.1) is 0 Å². The van der Waals surface area contributed by atoms with Crippen LogP contribution in [0.4, 0.5) is 0 Å². The minimum absolute atomic E-state index is 0.0936. The average Bonchev–Trinajstić information content (AvgIpc) is 2.59. The van der Waals surface area contributed by atoms with E-state index in [4.69, 9.17) is 4.74 Å². The first-order valence-corrected chi connectivity index (χ1v) is 5.28. The molecular formula is C12H16N2O. The van der Waals surface area contributed by atoms with Crippen molar-refractivity contribution < 1.29 is 4.74 Å². The van der Waals surface area contributed by atoms with Crippen molar-refractivity contribution in [3.63, 3.8) is 0 Å². The molecule has 3 nitrogen and oxygen atoms in total. The van der Waals surface area contributed by atoms with Crippen LogP contribution < -0.4 is 0 Å². The summed E-state index contributed by atoms with van der Waals surface area (Å²) in [5.74, 6) is 0.763. The highest BCUT2D eigenvalue weighted by molar-refractivity contribution is 5.96. The highest BCUT2D eigenvalue weighted by atomic mass is 16.5. The second-order valence-electron chi connectivity index (χ2n) is 4.40. The molecule has 1 aromatic heterocycles. The van der Waals surface area contributed by atoms with Crippen molar-refractivity contribution in [1.82, 2.24) is 4.98 Å². The molecule has 15 heavy (non-hydrogen) atoms. The summed E-state index contributed by atoms with van der Waals surface area (Å²) in [4.78, 5) is 8.68. The van der Waals surface area contributed by atoms with Gasteiger partial charge in [0.05, 0.1) is 5.54 Å². The van der Waals surface area contributed by atoms with Crippen molar-refractivity contribution in [2.75, 3.05) is 6.61 Å². The topological polar surface area (TPSA) is 34.5 Å². The van der Waals surface area contributed by atoms with Gasteiger partial charge in [0.25, 0.3) is 0 Å². The zero-order valence-electron chi connectivity index (χ0n) is 9.45. The highest BCUT2D eigenvalue weighted by Crippen LogP contribution is 2.22. The van der Waals surface area contributed by atoms with Crippen molar-refractivity contribution in [2.24, 2.45) is 4.99 Å². The molecule has 0 bridgehead atoms. The van der Waals surface area contributed by atoms with Crippen molar-refractivity contribution >= 4 is 5.90 Å². The van der Waals surface area contributed by atoms with Crippen LogP contribution in [0.3, 0.4) is 0 Å². The second-order valence-corrected chi connectivity index (χ2v) is 4.40. The lowest BCUT2D eigenvalue weighted by atomic mass is 10.1. The fourth-order valence-electron chi connectivity index (χ4n) is 1.64. The van der Waals surface area contributed by atoms with Gasteiger partial charge in [0.1, 0.15) is 6.61 Å². The number of hydrogen-bond acceptors (Lipinski definition) is 3. The number of aliphatic imine (C=N–C) groups is 1. The number of pyridine rings is 1. The third-order valence-electron chi connectivity index (χ3n) is 2.48. The number of nitrogens with zero attached hydrogens (tertiary/aromatic N) is 2. The monoisotopic (exact) mass is 204 g/mol. The molecule has 0 atom stereocenters. The molecule has 0 spiro atoms. The predicted octanol–water partition coefficient (Wildman–Crippen LogP) is 2.20. The first-order chi connectivity index (χ1) is 7.12. The average molecular weight is 204 g/mol. The van der Waals surface area contributed by atoms with Crippen molar-refractivity contribution in [1.29, 1.82) is 0 Å². The fraction of sp³-hybridized carbons (Fsp3) is 0.500. The molecule has 0 unspecified atom stereocenters. The minimum Gasteiger partial charge on any atom is -0.475 e. The van der Waals surface area contributed by atoms with E-state index in [-0.39, 0.29) is 5.54 Å². The Bertz CT molecular complexity index is 396. The van der Waals surface area contributed by atoms with Gasteiger partial charge in [-0.3, -0.25) is 4.98 Å². The molecule has 0 aliphatic carbocycles. The normalized spacial score (nSPS) is 18.5. The molecule has 0 fully saturated rings. The van der Waals surface area contributed by atoms with Gasteiger partial charge in [-0.2, -0.15) is 0 Å². The molecule has 0 saturated carbocycles. The summed E-state index contributed by atoms with van der Waals surface area (Å²) < 4.78 is 5.62. The lowest BCUT2D eigenvalue weighted by Gasteiger charge is -2.07. The van der Waals surface area contributed by atoms with Gasteiger partial charge in [0.2, 0.25) is 5.90 Å². The molecule has 0 radical (unpaired) electrons. The number of aryl methyl sites for hydroxylation is 1. The van der Waals surface area contributed by atoms with E-state index < -0.39 is 0 Å². The van der Waals surface area contributed by atoms with Crippen LogP contribution in [-0.2, 0) is 11.2 Å². The molecule has 2 heterocycles. The van der Waals surface area contributed by atoms with E-state index in [1.165, 1.54) is 5.56 Å². The molecule has 1 aliphatic rings. The maximum Gasteiger partial charge on any atom is 0.217 e. The third kappa shape index (κ3) is 2.01. The Labute approximate surface area is 90.2 Å². The van der Waals surface area contributed by atoms with Gasteiger partial charge in [-0.05, 0) is 31.9 Å². The summed E-state index contributed by atoms with van der Waals surface area (Å²) >= 11 is 0. The summed E-state index contributed by atoms with van der Waals surface area (Å²) in [5, 5.41) is 0.